The van der Waals surface area contributed by atoms with Crippen molar-refractivity contribution >= 4 is 23.4 Å². The molecule has 0 saturated heterocycles. The van der Waals surface area contributed by atoms with Crippen LogP contribution >= 0.6 is 11.6 Å². The topological polar surface area (TPSA) is 116 Å². The summed E-state index contributed by atoms with van der Waals surface area (Å²) in [5, 5.41) is 15.5. The quantitative estimate of drug-likeness (QED) is 0.674. The van der Waals surface area contributed by atoms with E-state index in [9.17, 15) is 9.59 Å². The second-order valence-corrected chi connectivity index (χ2v) is 6.37. The van der Waals surface area contributed by atoms with Gasteiger partial charge in [0.15, 0.2) is 0 Å². The van der Waals surface area contributed by atoms with Gasteiger partial charge in [0.05, 0.1) is 6.04 Å². The van der Waals surface area contributed by atoms with E-state index in [1.807, 2.05) is 19.1 Å². The number of hydrogen-bond donors (Lipinski definition) is 2. The zero-order chi connectivity index (χ0) is 19.4. The maximum absolute atomic E-state index is 12.2. The van der Waals surface area contributed by atoms with Crippen molar-refractivity contribution in [1.29, 1.82) is 0 Å². The van der Waals surface area contributed by atoms with Crippen LogP contribution in [0.15, 0.2) is 48.5 Å². The molecule has 1 atom stereocenters. The van der Waals surface area contributed by atoms with Crippen molar-refractivity contribution in [3.8, 4) is 11.4 Å². The number of primary amides is 1. The average Bonchev–Trinajstić information content (AvgIpc) is 3.10. The first-order chi connectivity index (χ1) is 12.9. The monoisotopic (exact) mass is 384 g/mol. The second kappa shape index (κ2) is 7.96. The molecule has 0 radical (unpaired) electrons. The standard InChI is InChI=1S/C18H17ClN6O2/c1-11(14-3-2-4-15(19)9-14)21-16(26)10-25-23-18(22-24-25)13-7-5-12(6-8-13)17(20)27/h2-9,11H,10H2,1H3,(H2,20,27)(H,21,26)/t11-/m0/s1. The number of tetrazole rings is 1. The average molecular weight is 385 g/mol. The van der Waals surface area contributed by atoms with Crippen molar-refractivity contribution in [1.82, 2.24) is 25.5 Å². The molecule has 0 saturated carbocycles. The molecule has 1 aromatic heterocycles. The number of aromatic nitrogens is 4. The summed E-state index contributed by atoms with van der Waals surface area (Å²) in [6.07, 6.45) is 0. The van der Waals surface area contributed by atoms with Crippen LogP contribution in [0.25, 0.3) is 11.4 Å². The van der Waals surface area contributed by atoms with Crippen LogP contribution in [0.5, 0.6) is 0 Å². The summed E-state index contributed by atoms with van der Waals surface area (Å²) >= 11 is 5.97. The van der Waals surface area contributed by atoms with Crippen molar-refractivity contribution in [2.75, 3.05) is 0 Å². The lowest BCUT2D eigenvalue weighted by atomic mass is 10.1. The highest BCUT2D eigenvalue weighted by molar-refractivity contribution is 6.30. The first-order valence-electron chi connectivity index (χ1n) is 8.15. The fraction of sp³-hybridized carbons (Fsp3) is 0.167. The van der Waals surface area contributed by atoms with Crippen molar-refractivity contribution < 1.29 is 9.59 Å². The van der Waals surface area contributed by atoms with Gasteiger partial charge in [-0.2, -0.15) is 4.80 Å². The summed E-state index contributed by atoms with van der Waals surface area (Å²) in [7, 11) is 0. The largest absolute Gasteiger partial charge is 0.366 e. The molecule has 0 aliphatic carbocycles. The maximum atomic E-state index is 12.2. The van der Waals surface area contributed by atoms with Crippen LogP contribution in [-0.2, 0) is 11.3 Å². The Kier molecular flexibility index (Phi) is 5.46. The molecular formula is C18H17ClN6O2. The minimum Gasteiger partial charge on any atom is -0.366 e. The predicted octanol–water partition coefficient (Wildman–Crippen LogP) is 1.97. The summed E-state index contributed by atoms with van der Waals surface area (Å²) in [5.74, 6) is -0.416. The Morgan fingerprint density at radius 3 is 2.63 bits per heavy atom. The number of hydrogen-bond acceptors (Lipinski definition) is 5. The number of nitrogens with zero attached hydrogens (tertiary/aromatic N) is 4. The lowest BCUT2D eigenvalue weighted by Crippen LogP contribution is -2.30. The molecule has 3 N–H and O–H groups in total. The third-order valence-corrected chi connectivity index (χ3v) is 4.13. The van der Waals surface area contributed by atoms with Gasteiger partial charge in [-0.25, -0.2) is 0 Å². The van der Waals surface area contributed by atoms with Crippen LogP contribution in [0.2, 0.25) is 5.02 Å². The van der Waals surface area contributed by atoms with Gasteiger partial charge in [0.1, 0.15) is 6.54 Å². The number of nitrogens with two attached hydrogens (primary N) is 1. The molecule has 3 rings (SSSR count). The molecule has 27 heavy (non-hydrogen) atoms. The molecule has 0 aliphatic heterocycles. The number of rotatable bonds is 6. The number of nitrogens with one attached hydrogen (secondary N) is 1. The van der Waals surface area contributed by atoms with E-state index < -0.39 is 5.91 Å². The van der Waals surface area contributed by atoms with Crippen LogP contribution in [-0.4, -0.2) is 32.0 Å². The number of carbonyl (C=O) groups excluding carboxylic acids is 2. The highest BCUT2D eigenvalue weighted by Crippen LogP contribution is 2.17. The molecule has 2 amide bonds. The Bertz CT molecular complexity index is 970. The van der Waals surface area contributed by atoms with Crippen molar-refractivity contribution in [3.05, 3.63) is 64.7 Å². The van der Waals surface area contributed by atoms with E-state index in [-0.39, 0.29) is 18.5 Å². The first-order valence-corrected chi connectivity index (χ1v) is 8.53. The SMILES string of the molecule is C[C@H](NC(=O)Cn1nnc(-c2ccc(C(N)=O)cc2)n1)c1cccc(Cl)c1. The van der Waals surface area contributed by atoms with Crippen LogP contribution < -0.4 is 11.1 Å². The highest BCUT2D eigenvalue weighted by Gasteiger charge is 2.13. The minimum absolute atomic E-state index is 0.0721. The van der Waals surface area contributed by atoms with Gasteiger partial charge in [-0.1, -0.05) is 35.9 Å². The second-order valence-electron chi connectivity index (χ2n) is 5.93. The van der Waals surface area contributed by atoms with Gasteiger partial charge in [0, 0.05) is 16.1 Å². The highest BCUT2D eigenvalue weighted by atomic mass is 35.5. The molecule has 2 aromatic carbocycles. The number of amides is 2. The lowest BCUT2D eigenvalue weighted by molar-refractivity contribution is -0.122. The van der Waals surface area contributed by atoms with Crippen LogP contribution in [0.3, 0.4) is 0 Å². The summed E-state index contributed by atoms with van der Waals surface area (Å²) in [5.41, 5.74) is 7.17. The summed E-state index contributed by atoms with van der Waals surface area (Å²) in [6.45, 7) is 1.79. The third-order valence-electron chi connectivity index (χ3n) is 3.89. The molecule has 9 heteroatoms. The van der Waals surface area contributed by atoms with Gasteiger partial charge in [0.2, 0.25) is 17.6 Å². The van der Waals surface area contributed by atoms with Gasteiger partial charge < -0.3 is 11.1 Å². The number of halogens is 1. The van der Waals surface area contributed by atoms with Crippen LogP contribution in [0.4, 0.5) is 0 Å². The van der Waals surface area contributed by atoms with E-state index in [0.717, 1.165) is 5.56 Å². The zero-order valence-electron chi connectivity index (χ0n) is 14.5. The Labute approximate surface area is 160 Å². The molecular weight excluding hydrogens is 368 g/mol. The van der Waals surface area contributed by atoms with E-state index in [0.29, 0.717) is 22.0 Å². The predicted molar refractivity (Wildman–Crippen MR) is 99.8 cm³/mol. The molecule has 0 unspecified atom stereocenters. The first kappa shape index (κ1) is 18.5. The Hall–Kier alpha value is -3.26. The summed E-state index contributed by atoms with van der Waals surface area (Å²) in [4.78, 5) is 24.5. The molecule has 138 valence electrons. The van der Waals surface area contributed by atoms with Gasteiger partial charge >= 0.3 is 0 Å². The normalized spacial score (nSPS) is 11.8. The van der Waals surface area contributed by atoms with E-state index >= 15 is 0 Å². The molecule has 8 nitrogen and oxygen atoms in total. The fourth-order valence-corrected chi connectivity index (χ4v) is 2.68. The minimum atomic E-state index is -0.511. The van der Waals surface area contributed by atoms with Gasteiger partial charge in [-0.3, -0.25) is 9.59 Å². The van der Waals surface area contributed by atoms with E-state index in [4.69, 9.17) is 17.3 Å². The molecule has 0 bridgehead atoms. The van der Waals surface area contributed by atoms with E-state index in [1.165, 1.54) is 4.80 Å². The van der Waals surface area contributed by atoms with Crippen LogP contribution in [0.1, 0.15) is 28.9 Å². The molecule has 1 heterocycles. The van der Waals surface area contributed by atoms with Crippen molar-refractivity contribution in [3.63, 3.8) is 0 Å². The Morgan fingerprint density at radius 1 is 1.22 bits per heavy atom. The third kappa shape index (κ3) is 4.68. The van der Waals surface area contributed by atoms with E-state index in [1.54, 1.807) is 36.4 Å². The van der Waals surface area contributed by atoms with Gasteiger partial charge in [-0.15, -0.1) is 10.2 Å². The van der Waals surface area contributed by atoms with Crippen molar-refractivity contribution in [2.24, 2.45) is 5.73 Å². The van der Waals surface area contributed by atoms with Crippen LogP contribution in [0, 0.1) is 0 Å². The van der Waals surface area contributed by atoms with Gasteiger partial charge in [0.25, 0.3) is 0 Å². The zero-order valence-corrected chi connectivity index (χ0v) is 15.2. The van der Waals surface area contributed by atoms with Crippen molar-refractivity contribution in [2.45, 2.75) is 19.5 Å². The smallest absolute Gasteiger partial charge is 0.248 e. The summed E-state index contributed by atoms with van der Waals surface area (Å²) < 4.78 is 0. The molecule has 0 fully saturated rings. The molecule has 3 aromatic rings. The summed E-state index contributed by atoms with van der Waals surface area (Å²) in [6, 6.07) is 13.6. The number of carbonyl (C=O) groups is 2. The molecule has 0 spiro atoms. The number of benzene rings is 2. The van der Waals surface area contributed by atoms with E-state index in [2.05, 4.69) is 20.7 Å². The maximum Gasteiger partial charge on any atom is 0.248 e. The fourth-order valence-electron chi connectivity index (χ4n) is 2.48. The Morgan fingerprint density at radius 2 is 1.96 bits per heavy atom. The lowest BCUT2D eigenvalue weighted by Gasteiger charge is -2.14. The van der Waals surface area contributed by atoms with Gasteiger partial charge in [-0.05, 0) is 42.0 Å². The molecule has 0 aliphatic rings. The Balaban J connectivity index is 1.63.